The lowest BCUT2D eigenvalue weighted by Crippen LogP contribution is -2.29. The van der Waals surface area contributed by atoms with Gasteiger partial charge < -0.3 is 14.2 Å². The van der Waals surface area contributed by atoms with E-state index >= 15 is 0 Å². The summed E-state index contributed by atoms with van der Waals surface area (Å²) in [5.41, 5.74) is 1.83. The topological polar surface area (TPSA) is 88.1 Å². The van der Waals surface area contributed by atoms with E-state index < -0.39 is 22.2 Å². The SMILES string of the molecule is COc1ccc(COC[C@H](COS(=O)(=O)c2ccc(C)cc2)OC(C)=O)cc1. The summed E-state index contributed by atoms with van der Waals surface area (Å²) in [6.07, 6.45) is -0.851. The molecule has 28 heavy (non-hydrogen) atoms. The molecular formula is C20H24O7S. The van der Waals surface area contributed by atoms with Crippen LogP contribution in [0.1, 0.15) is 18.1 Å². The molecule has 8 heteroatoms. The van der Waals surface area contributed by atoms with Gasteiger partial charge in [-0.25, -0.2) is 0 Å². The first-order chi connectivity index (χ1) is 13.3. The fourth-order valence-electron chi connectivity index (χ4n) is 2.32. The number of benzene rings is 2. The van der Waals surface area contributed by atoms with E-state index in [9.17, 15) is 13.2 Å². The smallest absolute Gasteiger partial charge is 0.303 e. The van der Waals surface area contributed by atoms with Crippen molar-refractivity contribution in [2.75, 3.05) is 20.3 Å². The first-order valence-corrected chi connectivity index (χ1v) is 10.0. The minimum absolute atomic E-state index is 0.00493. The number of ether oxygens (including phenoxy) is 3. The fourth-order valence-corrected chi connectivity index (χ4v) is 3.26. The van der Waals surface area contributed by atoms with Crippen molar-refractivity contribution in [1.82, 2.24) is 0 Å². The van der Waals surface area contributed by atoms with Gasteiger partial charge in [-0.2, -0.15) is 8.42 Å². The van der Waals surface area contributed by atoms with Gasteiger partial charge in [-0.3, -0.25) is 8.98 Å². The Labute approximate surface area is 165 Å². The van der Waals surface area contributed by atoms with Crippen LogP contribution >= 0.6 is 0 Å². The number of hydrogen-bond donors (Lipinski definition) is 0. The van der Waals surface area contributed by atoms with Crippen molar-refractivity contribution in [1.29, 1.82) is 0 Å². The van der Waals surface area contributed by atoms with E-state index in [0.717, 1.165) is 16.9 Å². The standard InChI is InChI=1S/C20H24O7S/c1-15-4-10-20(11-5-15)28(22,23)26-14-19(27-16(2)21)13-25-12-17-6-8-18(24-3)9-7-17/h4-11,19H,12-14H2,1-3H3/t19-/m1/s1. The minimum atomic E-state index is -3.95. The minimum Gasteiger partial charge on any atom is -0.497 e. The summed E-state index contributed by atoms with van der Waals surface area (Å²) in [5.74, 6) is 0.186. The highest BCUT2D eigenvalue weighted by Gasteiger charge is 2.20. The zero-order chi connectivity index (χ0) is 20.6. The molecule has 0 N–H and O–H groups in total. The van der Waals surface area contributed by atoms with Crippen molar-refractivity contribution in [3.63, 3.8) is 0 Å². The van der Waals surface area contributed by atoms with Crippen LogP contribution in [-0.2, 0) is 35.2 Å². The molecule has 0 saturated carbocycles. The molecule has 0 saturated heterocycles. The van der Waals surface area contributed by atoms with Crippen molar-refractivity contribution >= 4 is 16.1 Å². The normalized spacial score (nSPS) is 12.4. The van der Waals surface area contributed by atoms with Crippen LogP contribution in [0.4, 0.5) is 0 Å². The Bertz CT molecular complexity index is 858. The number of hydrogen-bond acceptors (Lipinski definition) is 7. The molecule has 0 spiro atoms. The molecule has 0 unspecified atom stereocenters. The monoisotopic (exact) mass is 408 g/mol. The maximum absolute atomic E-state index is 12.3. The molecule has 2 rings (SSSR count). The van der Waals surface area contributed by atoms with Crippen LogP contribution < -0.4 is 4.74 Å². The zero-order valence-corrected chi connectivity index (χ0v) is 16.9. The van der Waals surface area contributed by atoms with Gasteiger partial charge >= 0.3 is 5.97 Å². The van der Waals surface area contributed by atoms with Gasteiger partial charge in [-0.15, -0.1) is 0 Å². The van der Waals surface area contributed by atoms with Crippen LogP contribution in [0, 0.1) is 6.92 Å². The number of methoxy groups -OCH3 is 1. The summed E-state index contributed by atoms with van der Waals surface area (Å²) >= 11 is 0. The van der Waals surface area contributed by atoms with Gasteiger partial charge in [-0.1, -0.05) is 29.8 Å². The molecule has 0 aliphatic carbocycles. The second-order valence-electron chi connectivity index (χ2n) is 6.15. The van der Waals surface area contributed by atoms with Crippen molar-refractivity contribution in [3.05, 3.63) is 59.7 Å². The summed E-state index contributed by atoms with van der Waals surface area (Å²) in [5, 5.41) is 0. The van der Waals surface area contributed by atoms with Crippen molar-refractivity contribution in [2.45, 2.75) is 31.5 Å². The summed E-state index contributed by atoms with van der Waals surface area (Å²) in [6, 6.07) is 13.6. The third-order valence-corrected chi connectivity index (χ3v) is 5.08. The Morgan fingerprint density at radius 1 is 1.00 bits per heavy atom. The first kappa shape index (κ1) is 21.9. The number of rotatable bonds is 10. The van der Waals surface area contributed by atoms with Gasteiger partial charge in [0.2, 0.25) is 0 Å². The van der Waals surface area contributed by atoms with Crippen LogP contribution in [0.25, 0.3) is 0 Å². The Balaban J connectivity index is 1.91. The Hall–Kier alpha value is -2.42. The van der Waals surface area contributed by atoms with Gasteiger partial charge in [0.15, 0.2) is 0 Å². The van der Waals surface area contributed by atoms with E-state index in [1.54, 1.807) is 31.4 Å². The molecule has 0 aliphatic heterocycles. The fraction of sp³-hybridized carbons (Fsp3) is 0.350. The lowest BCUT2D eigenvalue weighted by Gasteiger charge is -2.17. The summed E-state index contributed by atoms with van der Waals surface area (Å²) < 4.78 is 45.3. The third-order valence-electron chi connectivity index (χ3n) is 3.78. The molecule has 0 fully saturated rings. The number of carbonyl (C=O) groups excluding carboxylic acids is 1. The summed E-state index contributed by atoms with van der Waals surface area (Å²) in [4.78, 5) is 11.3. The number of aryl methyl sites for hydroxylation is 1. The van der Waals surface area contributed by atoms with Gasteiger partial charge in [-0.05, 0) is 36.8 Å². The summed E-state index contributed by atoms with van der Waals surface area (Å²) in [6.45, 7) is 3.03. The van der Waals surface area contributed by atoms with Crippen molar-refractivity contribution in [2.24, 2.45) is 0 Å². The lowest BCUT2D eigenvalue weighted by molar-refractivity contribution is -0.151. The molecule has 7 nitrogen and oxygen atoms in total. The predicted octanol–water partition coefficient (Wildman–Crippen LogP) is 2.86. The highest BCUT2D eigenvalue weighted by molar-refractivity contribution is 7.86. The Morgan fingerprint density at radius 2 is 1.64 bits per heavy atom. The molecule has 0 amide bonds. The van der Waals surface area contributed by atoms with E-state index in [0.29, 0.717) is 0 Å². The first-order valence-electron chi connectivity index (χ1n) is 8.64. The van der Waals surface area contributed by atoms with E-state index in [2.05, 4.69) is 0 Å². The van der Waals surface area contributed by atoms with Crippen LogP contribution in [0.2, 0.25) is 0 Å². The molecule has 2 aromatic carbocycles. The molecule has 0 radical (unpaired) electrons. The molecule has 0 bridgehead atoms. The van der Waals surface area contributed by atoms with E-state index in [4.69, 9.17) is 18.4 Å². The second-order valence-corrected chi connectivity index (χ2v) is 7.76. The van der Waals surface area contributed by atoms with Gasteiger partial charge in [0.1, 0.15) is 18.5 Å². The average Bonchev–Trinajstić information content (AvgIpc) is 2.66. The Morgan fingerprint density at radius 3 is 2.21 bits per heavy atom. The molecule has 0 aromatic heterocycles. The number of carbonyl (C=O) groups is 1. The van der Waals surface area contributed by atoms with E-state index in [1.165, 1.54) is 19.1 Å². The molecular weight excluding hydrogens is 384 g/mol. The zero-order valence-electron chi connectivity index (χ0n) is 16.1. The molecule has 152 valence electrons. The average molecular weight is 408 g/mol. The Kier molecular flexibility index (Phi) is 7.98. The van der Waals surface area contributed by atoms with Crippen LogP contribution in [0.5, 0.6) is 5.75 Å². The third kappa shape index (κ3) is 6.95. The van der Waals surface area contributed by atoms with Crippen LogP contribution in [-0.4, -0.2) is 40.8 Å². The molecule has 2 aromatic rings. The highest BCUT2D eigenvalue weighted by Crippen LogP contribution is 2.15. The van der Waals surface area contributed by atoms with Crippen molar-refractivity contribution in [3.8, 4) is 5.75 Å². The highest BCUT2D eigenvalue weighted by atomic mass is 32.2. The van der Waals surface area contributed by atoms with Gasteiger partial charge in [0.25, 0.3) is 10.1 Å². The number of esters is 1. The van der Waals surface area contributed by atoms with E-state index in [-0.39, 0.29) is 24.7 Å². The van der Waals surface area contributed by atoms with Crippen LogP contribution in [0.15, 0.2) is 53.4 Å². The van der Waals surface area contributed by atoms with Gasteiger partial charge in [0.05, 0.1) is 25.2 Å². The molecule has 1 atom stereocenters. The predicted molar refractivity (Wildman–Crippen MR) is 103 cm³/mol. The van der Waals surface area contributed by atoms with Gasteiger partial charge in [0, 0.05) is 6.92 Å². The maximum Gasteiger partial charge on any atom is 0.303 e. The van der Waals surface area contributed by atoms with Crippen molar-refractivity contribution < 1.29 is 31.6 Å². The largest absolute Gasteiger partial charge is 0.497 e. The molecule has 0 heterocycles. The molecule has 0 aliphatic rings. The second kappa shape index (κ2) is 10.2. The summed E-state index contributed by atoms with van der Waals surface area (Å²) in [7, 11) is -2.37. The maximum atomic E-state index is 12.3. The lowest BCUT2D eigenvalue weighted by atomic mass is 10.2. The van der Waals surface area contributed by atoms with Crippen LogP contribution in [0.3, 0.4) is 0 Å². The van der Waals surface area contributed by atoms with E-state index in [1.807, 2.05) is 19.1 Å². The quantitative estimate of drug-likeness (QED) is 0.441.